The average molecular weight is 553 g/mol. The molecule has 12 nitrogen and oxygen atoms in total. The molecule has 8 N–H and O–H groups in total. The van der Waals surface area contributed by atoms with E-state index < -0.39 is 5.56 Å². The van der Waals surface area contributed by atoms with Crippen LogP contribution in [0.3, 0.4) is 0 Å². The molecule has 0 saturated heterocycles. The Bertz CT molecular complexity index is 1380. The summed E-state index contributed by atoms with van der Waals surface area (Å²) in [6.07, 6.45) is 5.47. The van der Waals surface area contributed by atoms with Crippen molar-refractivity contribution in [1.82, 2.24) is 14.9 Å². The number of nitrogens with one attached hydrogen (secondary N) is 3. The van der Waals surface area contributed by atoms with Gasteiger partial charge in [0.15, 0.2) is 11.7 Å². The Hall–Kier alpha value is -4.35. The molecule has 216 valence electrons. The van der Waals surface area contributed by atoms with Crippen molar-refractivity contribution in [2.75, 3.05) is 22.9 Å². The van der Waals surface area contributed by atoms with Crippen LogP contribution in [-0.4, -0.2) is 45.0 Å². The van der Waals surface area contributed by atoms with E-state index in [-0.39, 0.29) is 47.4 Å². The van der Waals surface area contributed by atoms with Gasteiger partial charge in [0.2, 0.25) is 11.8 Å². The molecule has 12 heteroatoms. The maximum atomic E-state index is 13.5. The van der Waals surface area contributed by atoms with Crippen LogP contribution in [0.2, 0.25) is 0 Å². The lowest BCUT2D eigenvalue weighted by atomic mass is 9.76. The van der Waals surface area contributed by atoms with Crippen molar-refractivity contribution in [3.63, 3.8) is 0 Å². The van der Waals surface area contributed by atoms with Gasteiger partial charge in [-0.3, -0.25) is 19.0 Å². The molecule has 0 fully saturated rings. The van der Waals surface area contributed by atoms with E-state index >= 15 is 0 Å². The number of hydrogen-bond donors (Lipinski definition) is 6. The number of amides is 2. The Morgan fingerprint density at radius 3 is 2.55 bits per heavy atom. The Balaban J connectivity index is 1.89. The quantitative estimate of drug-likeness (QED) is 0.0852. The zero-order chi connectivity index (χ0) is 29.6. The lowest BCUT2D eigenvalue weighted by Crippen LogP contribution is -2.40. The maximum Gasteiger partial charge on any atom is 0.294 e. The van der Waals surface area contributed by atoms with Crippen LogP contribution < -0.4 is 33.0 Å². The van der Waals surface area contributed by atoms with Crippen LogP contribution in [-0.2, 0) is 16.1 Å². The van der Waals surface area contributed by atoms with Gasteiger partial charge in [-0.05, 0) is 62.3 Å². The lowest BCUT2D eigenvalue weighted by molar-refractivity contribution is -0.122. The first-order valence-corrected chi connectivity index (χ1v) is 13.3. The maximum absolute atomic E-state index is 13.5. The average Bonchev–Trinajstić information content (AvgIpc) is 2.89. The molecule has 1 aromatic carbocycles. The van der Waals surface area contributed by atoms with Crippen LogP contribution in [0, 0.1) is 11.3 Å². The topological polar surface area (TPSA) is 190 Å². The molecule has 0 bridgehead atoms. The second-order valence-electron chi connectivity index (χ2n) is 11.2. The van der Waals surface area contributed by atoms with E-state index in [0.29, 0.717) is 42.0 Å². The number of carbonyl (C=O) groups excluding carboxylic acids is 2. The van der Waals surface area contributed by atoms with E-state index in [2.05, 4.69) is 33.0 Å². The molecular weight excluding hydrogens is 512 g/mol. The van der Waals surface area contributed by atoms with Gasteiger partial charge in [0.25, 0.3) is 5.56 Å². The van der Waals surface area contributed by atoms with Crippen molar-refractivity contribution < 1.29 is 14.8 Å². The van der Waals surface area contributed by atoms with Gasteiger partial charge in [0.05, 0.1) is 11.9 Å². The first-order valence-electron chi connectivity index (χ1n) is 13.3. The Morgan fingerprint density at radius 1 is 1.23 bits per heavy atom. The van der Waals surface area contributed by atoms with Crippen LogP contribution in [0.1, 0.15) is 53.9 Å². The monoisotopic (exact) mass is 552 g/mol. The molecule has 0 aliphatic heterocycles. The van der Waals surface area contributed by atoms with Gasteiger partial charge in [0.1, 0.15) is 6.54 Å². The first-order chi connectivity index (χ1) is 18.8. The molecule has 2 aromatic rings. The number of benzene rings is 1. The molecule has 1 aliphatic rings. The fourth-order valence-electron chi connectivity index (χ4n) is 4.38. The molecule has 0 radical (unpaired) electrons. The van der Waals surface area contributed by atoms with Crippen LogP contribution in [0.25, 0.3) is 11.3 Å². The minimum absolute atomic E-state index is 0.0485. The van der Waals surface area contributed by atoms with Crippen LogP contribution in [0.5, 0.6) is 0 Å². The number of anilines is 3. The highest BCUT2D eigenvalue weighted by atomic mass is 16.4. The van der Waals surface area contributed by atoms with Gasteiger partial charge >= 0.3 is 0 Å². The summed E-state index contributed by atoms with van der Waals surface area (Å²) in [6.45, 7) is 9.54. The lowest BCUT2D eigenvalue weighted by Gasteiger charge is -2.32. The van der Waals surface area contributed by atoms with Crippen molar-refractivity contribution in [2.45, 2.75) is 66.5 Å². The minimum atomic E-state index is -0.452. The summed E-state index contributed by atoms with van der Waals surface area (Å²) in [4.78, 5) is 43.2. The fraction of sp³-hybridized carbons (Fsp3) is 0.464. The first kappa shape index (κ1) is 30.2. The minimum Gasteiger partial charge on any atom is -0.409 e. The molecule has 40 heavy (non-hydrogen) atoms. The van der Waals surface area contributed by atoms with Crippen molar-refractivity contribution in [3.05, 3.63) is 46.4 Å². The van der Waals surface area contributed by atoms with Gasteiger partial charge in [0, 0.05) is 35.4 Å². The van der Waals surface area contributed by atoms with Crippen LogP contribution in [0.4, 0.5) is 17.2 Å². The summed E-state index contributed by atoms with van der Waals surface area (Å²) in [5.41, 5.74) is 13.7. The van der Waals surface area contributed by atoms with E-state index in [1.54, 1.807) is 32.0 Å². The molecule has 0 saturated carbocycles. The van der Waals surface area contributed by atoms with E-state index in [4.69, 9.17) is 16.7 Å². The highest BCUT2D eigenvalue weighted by Gasteiger charge is 2.29. The molecule has 1 aliphatic carbocycles. The van der Waals surface area contributed by atoms with Crippen molar-refractivity contribution >= 4 is 34.8 Å². The largest absolute Gasteiger partial charge is 0.409 e. The Morgan fingerprint density at radius 2 is 1.95 bits per heavy atom. The Kier molecular flexibility index (Phi) is 9.56. The summed E-state index contributed by atoms with van der Waals surface area (Å²) >= 11 is 0. The summed E-state index contributed by atoms with van der Waals surface area (Å²) in [5, 5.41) is 20.8. The highest BCUT2D eigenvalue weighted by molar-refractivity contribution is 5.96. The van der Waals surface area contributed by atoms with Gasteiger partial charge in [-0.1, -0.05) is 32.0 Å². The molecule has 1 unspecified atom stereocenters. The number of amidine groups is 1. The molecule has 0 spiro atoms. The third kappa shape index (κ3) is 7.61. The fourth-order valence-corrected chi connectivity index (χ4v) is 4.38. The standard InChI is InChI=1S/C28H40N8O4/c1-16(2)26(38)34-21-11-19(10-20(29)12-21)22-13-31-25(33-17(3)4)27(39)36(22)14-23(37)32-15-28(5)8-6-18(7-9-28)24(30)35-40/h6,10-13,16-17,40H,7-9,14-15,29H2,1-5H3,(H2,30,35)(H,31,33)(H,32,37)(H,34,38). The molecule has 3 rings (SSSR count). The zero-order valence-corrected chi connectivity index (χ0v) is 23.7. The summed E-state index contributed by atoms with van der Waals surface area (Å²) in [5.74, 6) is -0.510. The number of oxime groups is 1. The molecular formula is C28H40N8O4. The molecule has 1 heterocycles. The second kappa shape index (κ2) is 12.7. The predicted octanol–water partition coefficient (Wildman–Crippen LogP) is 2.89. The third-order valence-electron chi connectivity index (χ3n) is 6.81. The SMILES string of the molecule is CC(C)Nc1ncc(-c2cc(N)cc(NC(=O)C(C)C)c2)n(CC(=O)NCC2(C)CC=C(/C(N)=N/O)CC2)c1=O. The molecule has 1 atom stereocenters. The normalized spacial score (nSPS) is 17.5. The number of carbonyl (C=O) groups is 2. The number of allylic oxidation sites excluding steroid dienone is 1. The van der Waals surface area contributed by atoms with Crippen LogP contribution >= 0.6 is 0 Å². The third-order valence-corrected chi connectivity index (χ3v) is 6.81. The summed E-state index contributed by atoms with van der Waals surface area (Å²) in [6, 6.07) is 4.95. The number of aromatic nitrogens is 2. The highest BCUT2D eigenvalue weighted by Crippen LogP contribution is 2.34. The number of nitrogens with zero attached hydrogens (tertiary/aromatic N) is 3. The van der Waals surface area contributed by atoms with Crippen molar-refractivity contribution in [3.8, 4) is 11.3 Å². The van der Waals surface area contributed by atoms with E-state index in [1.807, 2.05) is 19.9 Å². The predicted molar refractivity (Wildman–Crippen MR) is 157 cm³/mol. The van der Waals surface area contributed by atoms with Gasteiger partial charge in [-0.2, -0.15) is 0 Å². The van der Waals surface area contributed by atoms with E-state index in [1.165, 1.54) is 10.8 Å². The molecule has 2 amide bonds. The van der Waals surface area contributed by atoms with E-state index in [0.717, 1.165) is 12.0 Å². The number of rotatable bonds is 10. The van der Waals surface area contributed by atoms with Crippen LogP contribution in [0.15, 0.2) is 46.0 Å². The summed E-state index contributed by atoms with van der Waals surface area (Å²) < 4.78 is 1.36. The zero-order valence-electron chi connectivity index (χ0n) is 23.7. The second-order valence-corrected chi connectivity index (χ2v) is 11.2. The van der Waals surface area contributed by atoms with Gasteiger partial charge in [-0.15, -0.1) is 0 Å². The van der Waals surface area contributed by atoms with Crippen molar-refractivity contribution in [1.29, 1.82) is 0 Å². The smallest absolute Gasteiger partial charge is 0.294 e. The van der Waals surface area contributed by atoms with Gasteiger partial charge in [-0.25, -0.2) is 4.98 Å². The summed E-state index contributed by atoms with van der Waals surface area (Å²) in [7, 11) is 0. The van der Waals surface area contributed by atoms with E-state index in [9.17, 15) is 14.4 Å². The number of hydrogen-bond acceptors (Lipinski definition) is 8. The number of nitrogens with two attached hydrogens (primary N) is 2. The van der Waals surface area contributed by atoms with Gasteiger partial charge < -0.3 is 32.6 Å². The molecule has 1 aromatic heterocycles. The number of nitrogen functional groups attached to an aromatic ring is 1. The Labute approximate surface area is 233 Å². The van der Waals surface area contributed by atoms with Crippen molar-refractivity contribution in [2.24, 2.45) is 22.2 Å².